The zero-order chi connectivity index (χ0) is 19.5. The molecule has 8 heteroatoms. The molecule has 2 aromatic heterocycles. The first kappa shape index (κ1) is 17.8. The van der Waals surface area contributed by atoms with Gasteiger partial charge in [0.1, 0.15) is 5.82 Å². The first-order chi connectivity index (χ1) is 13.7. The lowest BCUT2D eigenvalue weighted by Gasteiger charge is -2.05. The van der Waals surface area contributed by atoms with Crippen LogP contribution in [0.2, 0.25) is 0 Å². The van der Waals surface area contributed by atoms with Gasteiger partial charge >= 0.3 is 0 Å². The average Bonchev–Trinajstić information content (AvgIpc) is 3.30. The molecule has 0 atom stereocenters. The summed E-state index contributed by atoms with van der Waals surface area (Å²) in [5.74, 6) is -0.271. The van der Waals surface area contributed by atoms with Crippen molar-refractivity contribution in [3.8, 4) is 17.5 Å². The Morgan fingerprint density at radius 1 is 1.25 bits per heavy atom. The molecule has 1 amide bonds. The number of hydrogen-bond donors (Lipinski definition) is 1. The van der Waals surface area contributed by atoms with Gasteiger partial charge in [-0.3, -0.25) is 4.79 Å². The molecule has 4 aromatic rings. The average molecular weight is 391 g/mol. The number of fused-ring (bicyclic) bond motifs is 1. The second-order valence-electron chi connectivity index (χ2n) is 6.04. The third kappa shape index (κ3) is 3.48. The van der Waals surface area contributed by atoms with E-state index >= 15 is 0 Å². The van der Waals surface area contributed by atoms with Gasteiger partial charge in [0, 0.05) is 23.9 Å². The van der Waals surface area contributed by atoms with E-state index in [-0.39, 0.29) is 11.7 Å². The van der Waals surface area contributed by atoms with Crippen LogP contribution in [0, 0.1) is 17.1 Å². The second-order valence-corrected chi connectivity index (χ2v) is 6.87. The number of hydrogen-bond acceptors (Lipinski definition) is 5. The number of benzene rings is 2. The first-order valence-electron chi connectivity index (χ1n) is 8.52. The lowest BCUT2D eigenvalue weighted by Crippen LogP contribution is -2.26. The van der Waals surface area contributed by atoms with Crippen LogP contribution in [0.15, 0.2) is 53.9 Å². The molecule has 0 aliphatic carbocycles. The van der Waals surface area contributed by atoms with E-state index in [4.69, 9.17) is 5.26 Å². The van der Waals surface area contributed by atoms with Crippen LogP contribution >= 0.6 is 11.3 Å². The van der Waals surface area contributed by atoms with Crippen LogP contribution in [0.3, 0.4) is 0 Å². The molecular formula is C20H14FN5OS. The Balaban J connectivity index is 1.46. The first-order valence-corrected chi connectivity index (χ1v) is 9.40. The number of amides is 1. The number of halogens is 1. The standard InChI is InChI=1S/C20H14FN5OS/c21-17-7-2-1-6-16(17)18-24-20-26(25-18)15(12-28-20)8-9-23-19(27)14-5-3-4-13(10-14)11-22/h1-7,10,12H,8-9H2,(H,23,27). The maximum Gasteiger partial charge on any atom is 0.251 e. The molecule has 0 fully saturated rings. The molecule has 2 aromatic carbocycles. The molecule has 28 heavy (non-hydrogen) atoms. The summed E-state index contributed by atoms with van der Waals surface area (Å²) in [6, 6.07) is 14.9. The lowest BCUT2D eigenvalue weighted by atomic mass is 10.1. The van der Waals surface area contributed by atoms with Crippen molar-refractivity contribution in [2.75, 3.05) is 6.54 Å². The normalized spacial score (nSPS) is 10.7. The zero-order valence-corrected chi connectivity index (χ0v) is 15.4. The summed E-state index contributed by atoms with van der Waals surface area (Å²) in [6.07, 6.45) is 0.545. The maximum atomic E-state index is 14.0. The van der Waals surface area contributed by atoms with Crippen molar-refractivity contribution in [3.05, 3.63) is 76.5 Å². The van der Waals surface area contributed by atoms with Gasteiger partial charge in [-0.2, -0.15) is 10.2 Å². The minimum absolute atomic E-state index is 0.241. The maximum absolute atomic E-state index is 14.0. The van der Waals surface area contributed by atoms with E-state index in [0.29, 0.717) is 40.4 Å². The third-order valence-corrected chi connectivity index (χ3v) is 5.05. The highest BCUT2D eigenvalue weighted by atomic mass is 32.1. The summed E-state index contributed by atoms with van der Waals surface area (Å²) in [4.78, 5) is 17.3. The second kappa shape index (κ2) is 7.58. The number of carbonyl (C=O) groups is 1. The van der Waals surface area contributed by atoms with Crippen molar-refractivity contribution in [2.45, 2.75) is 6.42 Å². The topological polar surface area (TPSA) is 83.1 Å². The van der Waals surface area contributed by atoms with Crippen LogP contribution in [0.25, 0.3) is 16.3 Å². The van der Waals surface area contributed by atoms with Crippen LogP contribution in [-0.2, 0) is 6.42 Å². The molecule has 0 bridgehead atoms. The van der Waals surface area contributed by atoms with Crippen LogP contribution in [0.4, 0.5) is 4.39 Å². The zero-order valence-electron chi connectivity index (χ0n) is 14.6. The molecule has 0 radical (unpaired) electrons. The highest BCUT2D eigenvalue weighted by Crippen LogP contribution is 2.23. The van der Waals surface area contributed by atoms with Gasteiger partial charge in [0.25, 0.3) is 5.91 Å². The Hall–Kier alpha value is -3.57. The quantitative estimate of drug-likeness (QED) is 0.565. The number of nitrogens with one attached hydrogen (secondary N) is 1. The molecule has 0 aliphatic rings. The number of nitriles is 1. The Morgan fingerprint density at radius 2 is 2.11 bits per heavy atom. The number of rotatable bonds is 5. The predicted octanol–water partition coefficient (Wildman–Crippen LogP) is 3.44. The fourth-order valence-corrected chi connectivity index (χ4v) is 3.65. The van der Waals surface area contributed by atoms with Crippen LogP contribution < -0.4 is 5.32 Å². The molecular weight excluding hydrogens is 377 g/mol. The molecule has 2 heterocycles. The van der Waals surface area contributed by atoms with Crippen LogP contribution in [0.1, 0.15) is 21.6 Å². The van der Waals surface area contributed by atoms with Crippen molar-refractivity contribution < 1.29 is 9.18 Å². The van der Waals surface area contributed by atoms with Crippen molar-refractivity contribution in [1.82, 2.24) is 19.9 Å². The van der Waals surface area contributed by atoms with Crippen LogP contribution in [0.5, 0.6) is 0 Å². The molecule has 0 spiro atoms. The molecule has 138 valence electrons. The fraction of sp³-hybridized carbons (Fsp3) is 0.100. The molecule has 4 rings (SSSR count). The van der Waals surface area contributed by atoms with E-state index in [2.05, 4.69) is 15.4 Å². The Kier molecular flexibility index (Phi) is 4.83. The number of carbonyl (C=O) groups excluding carboxylic acids is 1. The van der Waals surface area contributed by atoms with E-state index in [1.54, 1.807) is 47.0 Å². The smallest absolute Gasteiger partial charge is 0.251 e. The molecule has 6 nitrogen and oxygen atoms in total. The van der Waals surface area contributed by atoms with Gasteiger partial charge in [-0.05, 0) is 30.3 Å². The Labute approximate surface area is 163 Å². The molecule has 1 N–H and O–H groups in total. The SMILES string of the molecule is N#Cc1cccc(C(=O)NCCc2csc3nc(-c4ccccc4F)nn23)c1. The van der Waals surface area contributed by atoms with E-state index in [1.807, 2.05) is 11.4 Å². The number of aromatic nitrogens is 3. The summed E-state index contributed by atoms with van der Waals surface area (Å²) in [6.45, 7) is 0.399. The van der Waals surface area contributed by atoms with Crippen molar-refractivity contribution in [2.24, 2.45) is 0 Å². The number of nitrogens with zero attached hydrogens (tertiary/aromatic N) is 4. The Morgan fingerprint density at radius 3 is 2.93 bits per heavy atom. The summed E-state index contributed by atoms with van der Waals surface area (Å²) in [5, 5.41) is 18.1. The van der Waals surface area contributed by atoms with E-state index in [9.17, 15) is 9.18 Å². The summed E-state index contributed by atoms with van der Waals surface area (Å²) in [7, 11) is 0. The van der Waals surface area contributed by atoms with Crippen LogP contribution in [-0.4, -0.2) is 27.0 Å². The minimum Gasteiger partial charge on any atom is -0.352 e. The highest BCUT2D eigenvalue weighted by Gasteiger charge is 2.14. The third-order valence-electron chi connectivity index (χ3n) is 4.19. The summed E-state index contributed by atoms with van der Waals surface area (Å²) < 4.78 is 15.6. The Bertz CT molecular complexity index is 1210. The molecule has 0 unspecified atom stereocenters. The van der Waals surface area contributed by atoms with Gasteiger partial charge < -0.3 is 5.32 Å². The van der Waals surface area contributed by atoms with E-state index in [0.717, 1.165) is 5.69 Å². The minimum atomic E-state index is -0.367. The fourth-order valence-electron chi connectivity index (χ4n) is 2.79. The van der Waals surface area contributed by atoms with Gasteiger partial charge in [0.2, 0.25) is 4.96 Å². The van der Waals surface area contributed by atoms with E-state index < -0.39 is 0 Å². The molecule has 0 aliphatic heterocycles. The largest absolute Gasteiger partial charge is 0.352 e. The summed E-state index contributed by atoms with van der Waals surface area (Å²) >= 11 is 1.41. The summed E-state index contributed by atoms with van der Waals surface area (Å²) in [5.41, 5.74) is 2.11. The molecule has 0 saturated heterocycles. The predicted molar refractivity (Wildman–Crippen MR) is 103 cm³/mol. The van der Waals surface area contributed by atoms with Gasteiger partial charge in [0.15, 0.2) is 5.82 Å². The van der Waals surface area contributed by atoms with Gasteiger partial charge in [0.05, 0.1) is 22.9 Å². The van der Waals surface area contributed by atoms with Crippen molar-refractivity contribution in [3.63, 3.8) is 0 Å². The number of thiazole rings is 1. The van der Waals surface area contributed by atoms with Gasteiger partial charge in [-0.15, -0.1) is 16.4 Å². The molecule has 0 saturated carbocycles. The highest BCUT2D eigenvalue weighted by molar-refractivity contribution is 7.15. The van der Waals surface area contributed by atoms with Crippen molar-refractivity contribution >= 4 is 22.2 Å². The monoisotopic (exact) mass is 391 g/mol. The van der Waals surface area contributed by atoms with Gasteiger partial charge in [-0.1, -0.05) is 18.2 Å². The lowest BCUT2D eigenvalue weighted by molar-refractivity contribution is 0.0954. The van der Waals surface area contributed by atoms with Crippen molar-refractivity contribution in [1.29, 1.82) is 5.26 Å². The van der Waals surface area contributed by atoms with E-state index in [1.165, 1.54) is 17.4 Å². The van der Waals surface area contributed by atoms with Gasteiger partial charge in [-0.25, -0.2) is 8.91 Å².